The van der Waals surface area contributed by atoms with E-state index in [4.69, 9.17) is 9.47 Å². The molecule has 3 heterocycles. The summed E-state index contributed by atoms with van der Waals surface area (Å²) in [4.78, 5) is 71.6. The monoisotopic (exact) mass is 848 g/mol. The summed E-state index contributed by atoms with van der Waals surface area (Å²) in [5.74, 6) is -4.44. The Morgan fingerprint density at radius 1 is 0.950 bits per heavy atom. The van der Waals surface area contributed by atoms with E-state index in [1.165, 1.54) is 28.0 Å². The standard InChI is InChI=1S/C42H46F2N6O9S/c1-2-27-22-42(27)39(53)48-60(56,57)36-20-28(43)17-18-33(36)45-19-10-5-3-4-9-16-34(46-40(54)58-29-13-7-6-8-14-29)38(52)50-24-30(21-35(50)37(51)47-42)59-41(55)49-23-26-12-11-15-32(44)31(26)25-49/h2,6-8,11-15,17-18,20,27,30,34-35,45H,1,3-5,9-10,16,19,21-25H2,(H,46,54)(H,47,51)(H,48,53)/t27-,30-,34+,35+,42-/m1/s1. The molecule has 15 nitrogen and oxygen atoms in total. The molecule has 1 saturated carbocycles. The molecule has 0 bridgehead atoms. The molecular formula is C42H46F2N6O9S. The largest absolute Gasteiger partial charge is 0.444 e. The fraction of sp³-hybridized carbons (Fsp3) is 0.405. The van der Waals surface area contributed by atoms with Crippen molar-refractivity contribution in [2.75, 3.05) is 18.4 Å². The fourth-order valence-corrected chi connectivity index (χ4v) is 9.26. The quantitative estimate of drug-likeness (QED) is 0.263. The Labute approximate surface area is 345 Å². The Bertz CT molecular complexity index is 2280. The van der Waals surface area contributed by atoms with Crippen LogP contribution in [-0.2, 0) is 42.2 Å². The molecule has 4 N–H and O–H groups in total. The maximum absolute atomic E-state index is 14.6. The normalized spacial score (nSPS) is 25.7. The van der Waals surface area contributed by atoms with Gasteiger partial charge in [0.2, 0.25) is 11.8 Å². The molecule has 18 heteroatoms. The van der Waals surface area contributed by atoms with Gasteiger partial charge in [0.05, 0.1) is 18.8 Å². The summed E-state index contributed by atoms with van der Waals surface area (Å²) in [6.45, 7) is 3.82. The highest BCUT2D eigenvalue weighted by Crippen LogP contribution is 2.45. The van der Waals surface area contributed by atoms with Gasteiger partial charge in [-0.1, -0.05) is 62.1 Å². The zero-order valence-electron chi connectivity index (χ0n) is 32.7. The zero-order chi connectivity index (χ0) is 42.6. The van der Waals surface area contributed by atoms with Gasteiger partial charge in [0.15, 0.2) is 0 Å². The van der Waals surface area contributed by atoms with Gasteiger partial charge in [-0.2, -0.15) is 0 Å². The van der Waals surface area contributed by atoms with Gasteiger partial charge in [-0.3, -0.25) is 19.3 Å². The minimum atomic E-state index is -4.69. The second kappa shape index (κ2) is 17.7. The first-order valence-electron chi connectivity index (χ1n) is 19.9. The minimum absolute atomic E-state index is 0.0431. The average Bonchev–Trinajstić information content (AvgIpc) is 3.50. The van der Waals surface area contributed by atoms with Gasteiger partial charge in [-0.05, 0) is 61.2 Å². The molecule has 2 fully saturated rings. The van der Waals surface area contributed by atoms with E-state index in [0.29, 0.717) is 49.8 Å². The molecule has 5 atom stereocenters. The first-order chi connectivity index (χ1) is 28.8. The number of sulfonamides is 1. The Morgan fingerprint density at radius 2 is 1.72 bits per heavy atom. The highest BCUT2D eigenvalue weighted by Gasteiger charge is 2.61. The van der Waals surface area contributed by atoms with Crippen molar-refractivity contribution in [3.05, 3.63) is 102 Å². The van der Waals surface area contributed by atoms with Crippen molar-refractivity contribution in [3.8, 4) is 5.75 Å². The van der Waals surface area contributed by atoms with E-state index in [-0.39, 0.29) is 50.3 Å². The number of carbonyl (C=O) groups is 5. The van der Waals surface area contributed by atoms with Crippen LogP contribution in [0.1, 0.15) is 62.5 Å². The number of ether oxygens (including phenoxy) is 2. The highest BCUT2D eigenvalue weighted by atomic mass is 32.2. The maximum Gasteiger partial charge on any atom is 0.413 e. The average molecular weight is 849 g/mol. The van der Waals surface area contributed by atoms with Gasteiger partial charge in [0, 0.05) is 31.0 Å². The van der Waals surface area contributed by atoms with Crippen molar-refractivity contribution in [2.24, 2.45) is 5.92 Å². The van der Waals surface area contributed by atoms with Gasteiger partial charge in [-0.25, -0.2) is 31.5 Å². The number of halogens is 2. The molecule has 1 aliphatic carbocycles. The summed E-state index contributed by atoms with van der Waals surface area (Å²) in [7, 11) is -4.69. The molecule has 3 aromatic rings. The molecule has 1 saturated heterocycles. The number of rotatable bonds is 4. The summed E-state index contributed by atoms with van der Waals surface area (Å²) in [6.07, 6.45) is 1.67. The predicted octanol–water partition coefficient (Wildman–Crippen LogP) is 4.88. The Kier molecular flexibility index (Phi) is 12.4. The van der Waals surface area contributed by atoms with Gasteiger partial charge in [0.1, 0.15) is 46.0 Å². The van der Waals surface area contributed by atoms with E-state index in [0.717, 1.165) is 12.1 Å². The lowest BCUT2D eigenvalue weighted by Crippen LogP contribution is -2.58. The lowest BCUT2D eigenvalue weighted by molar-refractivity contribution is -0.141. The molecular weight excluding hydrogens is 803 g/mol. The molecule has 3 aromatic carbocycles. The van der Waals surface area contributed by atoms with Gasteiger partial charge in [0.25, 0.3) is 15.9 Å². The van der Waals surface area contributed by atoms with Gasteiger partial charge < -0.3 is 30.3 Å². The van der Waals surface area contributed by atoms with Crippen molar-refractivity contribution < 1.29 is 50.6 Å². The van der Waals surface area contributed by atoms with Crippen LogP contribution in [0.5, 0.6) is 5.75 Å². The van der Waals surface area contributed by atoms with E-state index >= 15 is 0 Å². The molecule has 0 aromatic heterocycles. The topological polar surface area (TPSA) is 193 Å². The lowest BCUT2D eigenvalue weighted by Gasteiger charge is -2.29. The first-order valence-corrected chi connectivity index (χ1v) is 21.4. The van der Waals surface area contributed by atoms with E-state index in [1.807, 2.05) is 4.72 Å². The number of amides is 5. The Morgan fingerprint density at radius 3 is 2.47 bits per heavy atom. The predicted molar refractivity (Wildman–Crippen MR) is 213 cm³/mol. The summed E-state index contributed by atoms with van der Waals surface area (Å²) in [6, 6.07) is 13.4. The Hall–Kier alpha value is -6.04. The van der Waals surface area contributed by atoms with Crippen LogP contribution >= 0.6 is 0 Å². The number of benzene rings is 3. The maximum atomic E-state index is 14.6. The second-order valence-corrected chi connectivity index (χ2v) is 17.1. The van der Waals surface area contributed by atoms with Crippen molar-refractivity contribution in [3.63, 3.8) is 0 Å². The molecule has 0 unspecified atom stereocenters. The van der Waals surface area contributed by atoms with Crippen LogP contribution in [0, 0.1) is 17.6 Å². The number of anilines is 1. The number of nitrogens with one attached hydrogen (secondary N) is 4. The zero-order valence-corrected chi connectivity index (χ0v) is 33.5. The van der Waals surface area contributed by atoms with E-state index in [1.54, 1.807) is 42.5 Å². The summed E-state index contributed by atoms with van der Waals surface area (Å²) in [5, 5.41) is 8.34. The van der Waals surface area contributed by atoms with Crippen LogP contribution < -0.4 is 25.4 Å². The van der Waals surface area contributed by atoms with Gasteiger partial charge in [-0.15, -0.1) is 6.58 Å². The number of hydrogen-bond acceptors (Lipinski definition) is 10. The summed E-state index contributed by atoms with van der Waals surface area (Å²) >= 11 is 0. The molecule has 4 aliphatic rings. The Balaban J connectivity index is 1.17. The molecule has 7 rings (SSSR count). The van der Waals surface area contributed by atoms with E-state index < -0.39 is 86.1 Å². The first kappa shape index (κ1) is 42.1. The molecule has 0 radical (unpaired) electrons. The molecule has 60 heavy (non-hydrogen) atoms. The second-order valence-electron chi connectivity index (χ2n) is 15.4. The van der Waals surface area contributed by atoms with Gasteiger partial charge >= 0.3 is 12.2 Å². The van der Waals surface area contributed by atoms with Crippen LogP contribution in [0.25, 0.3) is 0 Å². The van der Waals surface area contributed by atoms with Crippen molar-refractivity contribution >= 4 is 45.6 Å². The van der Waals surface area contributed by atoms with Crippen LogP contribution in [0.2, 0.25) is 0 Å². The number of hydrogen-bond donors (Lipinski definition) is 4. The summed E-state index contributed by atoms with van der Waals surface area (Å²) < 4.78 is 69.6. The third-order valence-corrected chi connectivity index (χ3v) is 12.7. The fourth-order valence-electron chi connectivity index (χ4n) is 8.02. The van der Waals surface area contributed by atoms with Crippen LogP contribution in [0.15, 0.2) is 84.3 Å². The minimum Gasteiger partial charge on any atom is -0.444 e. The van der Waals surface area contributed by atoms with Crippen LogP contribution in [0.4, 0.5) is 24.1 Å². The molecule has 5 amide bonds. The van der Waals surface area contributed by atoms with Crippen molar-refractivity contribution in [1.29, 1.82) is 0 Å². The SMILES string of the molecule is C=C[C@@H]1C[C@@]12NC(=O)[C@@H]1C[C@@H](OC(=O)N3Cc4cccc(F)c4C3)CN1C(=O)[C@@H](NC(=O)Oc1ccccc1)CCCCCCCNc1ccc(F)cc1S(=O)(=O)NC2=O. The molecule has 318 valence electrons. The number of para-hydroxylation sites is 1. The number of carbonyl (C=O) groups excluding carboxylic acids is 5. The van der Waals surface area contributed by atoms with E-state index in [2.05, 4.69) is 22.5 Å². The van der Waals surface area contributed by atoms with Crippen molar-refractivity contribution in [1.82, 2.24) is 25.2 Å². The molecule has 3 aliphatic heterocycles. The third kappa shape index (κ3) is 9.22. The highest BCUT2D eigenvalue weighted by molar-refractivity contribution is 7.90. The lowest BCUT2D eigenvalue weighted by atomic mass is 10.0. The smallest absolute Gasteiger partial charge is 0.413 e. The molecule has 1 spiro atoms. The van der Waals surface area contributed by atoms with E-state index in [9.17, 15) is 41.2 Å². The van der Waals surface area contributed by atoms with Crippen molar-refractivity contribution in [2.45, 2.75) is 93.1 Å². The summed E-state index contributed by atoms with van der Waals surface area (Å²) in [5.41, 5.74) is -0.772. The van der Waals surface area contributed by atoms with Crippen LogP contribution in [0.3, 0.4) is 0 Å². The number of fused-ring (bicyclic) bond motifs is 3. The third-order valence-electron chi connectivity index (χ3n) is 11.3. The van der Waals surface area contributed by atoms with Crippen LogP contribution in [-0.4, -0.2) is 84.9 Å². The number of nitrogens with zero attached hydrogens (tertiary/aromatic N) is 2.